The largest absolute Gasteiger partial charge is 0.382 e. The lowest BCUT2D eigenvalue weighted by Crippen LogP contribution is -2.01. The molecule has 0 amide bonds. The Bertz CT molecular complexity index is 1070. The van der Waals surface area contributed by atoms with Crippen LogP contribution in [-0.4, -0.2) is 9.97 Å². The summed E-state index contributed by atoms with van der Waals surface area (Å²) in [5, 5.41) is 2.18. The van der Waals surface area contributed by atoms with E-state index in [0.29, 0.717) is 11.7 Å². The summed E-state index contributed by atoms with van der Waals surface area (Å²) in [6.45, 7) is 4.38. The van der Waals surface area contributed by atoms with Gasteiger partial charge in [-0.25, -0.2) is 4.98 Å². The second kappa shape index (κ2) is 6.17. The van der Waals surface area contributed by atoms with Crippen LogP contribution in [0.1, 0.15) is 29.5 Å². The van der Waals surface area contributed by atoms with Gasteiger partial charge in [0.2, 0.25) is 0 Å². The quantitative estimate of drug-likeness (QED) is 0.538. The summed E-state index contributed by atoms with van der Waals surface area (Å²) in [5.41, 5.74) is 11.7. The number of nitrogens with zero attached hydrogens (tertiary/aromatic N) is 2. The number of aryl methyl sites for hydroxylation is 1. The van der Waals surface area contributed by atoms with E-state index in [1.165, 1.54) is 16.7 Å². The van der Waals surface area contributed by atoms with E-state index in [0.717, 1.165) is 28.2 Å². The van der Waals surface area contributed by atoms with Gasteiger partial charge in [0, 0.05) is 17.0 Å². The van der Waals surface area contributed by atoms with Gasteiger partial charge in [-0.1, -0.05) is 55.0 Å². The molecule has 3 heteroatoms. The number of nitrogens with two attached hydrogens (primary N) is 1. The topological polar surface area (TPSA) is 51.8 Å². The molecule has 2 aromatic heterocycles. The van der Waals surface area contributed by atoms with Crippen LogP contribution in [0.4, 0.5) is 5.82 Å². The SMILES string of the molecule is Cc1cccc(CC(C)c2cnc3c(N)nc4ccccc4c3c2)c1. The average molecular weight is 327 g/mol. The molecule has 3 nitrogen and oxygen atoms in total. The molecule has 0 saturated carbocycles. The van der Waals surface area contributed by atoms with Gasteiger partial charge in [-0.05, 0) is 42.5 Å². The molecule has 2 N–H and O–H groups in total. The number of benzene rings is 2. The Kier molecular flexibility index (Phi) is 3.85. The van der Waals surface area contributed by atoms with Crippen molar-refractivity contribution in [2.45, 2.75) is 26.2 Å². The van der Waals surface area contributed by atoms with Gasteiger partial charge in [-0.3, -0.25) is 4.98 Å². The normalized spacial score (nSPS) is 12.6. The van der Waals surface area contributed by atoms with E-state index in [9.17, 15) is 0 Å². The standard InChI is InChI=1S/C22H21N3/c1-14-6-5-7-16(10-14)11-15(2)17-12-19-18-8-3-4-9-20(18)25-22(23)21(19)24-13-17/h3-10,12-13,15H,11H2,1-2H3,(H2,23,25). The van der Waals surface area contributed by atoms with Crippen molar-refractivity contribution in [1.29, 1.82) is 0 Å². The Hall–Kier alpha value is -2.94. The number of pyridine rings is 2. The first-order chi connectivity index (χ1) is 12.1. The van der Waals surface area contributed by atoms with E-state index >= 15 is 0 Å². The number of rotatable bonds is 3. The predicted molar refractivity (Wildman–Crippen MR) is 105 cm³/mol. The molecule has 0 aliphatic carbocycles. The van der Waals surface area contributed by atoms with Gasteiger partial charge in [0.05, 0.1) is 5.52 Å². The van der Waals surface area contributed by atoms with Crippen LogP contribution in [0.5, 0.6) is 0 Å². The predicted octanol–water partition coefficient (Wildman–Crippen LogP) is 5.02. The van der Waals surface area contributed by atoms with Crippen molar-refractivity contribution in [2.75, 3.05) is 5.73 Å². The Balaban J connectivity index is 1.79. The monoisotopic (exact) mass is 327 g/mol. The van der Waals surface area contributed by atoms with Crippen molar-refractivity contribution >= 4 is 27.6 Å². The summed E-state index contributed by atoms with van der Waals surface area (Å²) in [4.78, 5) is 9.09. The second-order valence-corrected chi connectivity index (χ2v) is 6.77. The van der Waals surface area contributed by atoms with Crippen LogP contribution in [0.3, 0.4) is 0 Å². The van der Waals surface area contributed by atoms with Crippen LogP contribution < -0.4 is 5.73 Å². The molecule has 0 spiro atoms. The molecule has 2 aromatic carbocycles. The van der Waals surface area contributed by atoms with Gasteiger partial charge in [0.15, 0.2) is 5.82 Å². The van der Waals surface area contributed by atoms with Crippen LogP contribution in [0, 0.1) is 6.92 Å². The highest BCUT2D eigenvalue weighted by molar-refractivity contribution is 6.08. The van der Waals surface area contributed by atoms with Gasteiger partial charge in [0.1, 0.15) is 5.52 Å². The molecule has 124 valence electrons. The summed E-state index contributed by atoms with van der Waals surface area (Å²) in [7, 11) is 0. The second-order valence-electron chi connectivity index (χ2n) is 6.77. The zero-order valence-corrected chi connectivity index (χ0v) is 14.5. The molecule has 0 radical (unpaired) electrons. The van der Waals surface area contributed by atoms with E-state index in [1.54, 1.807) is 0 Å². The number of aromatic nitrogens is 2. The molecule has 4 aromatic rings. The first-order valence-corrected chi connectivity index (χ1v) is 8.61. The molecule has 25 heavy (non-hydrogen) atoms. The molecule has 0 bridgehead atoms. The maximum atomic E-state index is 6.12. The fourth-order valence-corrected chi connectivity index (χ4v) is 3.45. The zero-order valence-electron chi connectivity index (χ0n) is 14.5. The van der Waals surface area contributed by atoms with Crippen molar-refractivity contribution in [3.05, 3.63) is 77.5 Å². The van der Waals surface area contributed by atoms with Crippen LogP contribution in [0.15, 0.2) is 60.8 Å². The number of fused-ring (bicyclic) bond motifs is 3. The third-order valence-electron chi connectivity index (χ3n) is 4.78. The number of hydrogen-bond donors (Lipinski definition) is 1. The Labute approximate surface area is 147 Å². The lowest BCUT2D eigenvalue weighted by Gasteiger charge is -2.14. The molecule has 4 rings (SSSR count). The first-order valence-electron chi connectivity index (χ1n) is 8.61. The molecular weight excluding hydrogens is 306 g/mol. The molecule has 0 saturated heterocycles. The molecule has 0 aliphatic heterocycles. The number of anilines is 1. The molecule has 1 atom stereocenters. The molecular formula is C22H21N3. The Morgan fingerprint density at radius 2 is 1.84 bits per heavy atom. The zero-order chi connectivity index (χ0) is 17.4. The maximum Gasteiger partial charge on any atom is 0.150 e. The van der Waals surface area contributed by atoms with E-state index in [4.69, 9.17) is 5.73 Å². The van der Waals surface area contributed by atoms with Crippen molar-refractivity contribution in [2.24, 2.45) is 0 Å². The van der Waals surface area contributed by atoms with Crippen LogP contribution in [0.2, 0.25) is 0 Å². The van der Waals surface area contributed by atoms with Crippen molar-refractivity contribution in [1.82, 2.24) is 9.97 Å². The Morgan fingerprint density at radius 1 is 1.00 bits per heavy atom. The van der Waals surface area contributed by atoms with E-state index in [-0.39, 0.29) is 0 Å². The number of hydrogen-bond acceptors (Lipinski definition) is 3. The highest BCUT2D eigenvalue weighted by Crippen LogP contribution is 2.30. The lowest BCUT2D eigenvalue weighted by atomic mass is 9.93. The van der Waals surface area contributed by atoms with Gasteiger partial charge in [0.25, 0.3) is 0 Å². The van der Waals surface area contributed by atoms with Crippen LogP contribution in [-0.2, 0) is 6.42 Å². The summed E-state index contributed by atoms with van der Waals surface area (Å²) in [6, 6.07) is 19.0. The van der Waals surface area contributed by atoms with Gasteiger partial charge in [-0.2, -0.15) is 0 Å². The minimum atomic E-state index is 0.381. The maximum absolute atomic E-state index is 6.12. The summed E-state index contributed by atoms with van der Waals surface area (Å²) in [6.07, 6.45) is 2.93. The summed E-state index contributed by atoms with van der Waals surface area (Å²) in [5.74, 6) is 0.874. The fourth-order valence-electron chi connectivity index (χ4n) is 3.45. The molecule has 2 heterocycles. The highest BCUT2D eigenvalue weighted by Gasteiger charge is 2.12. The smallest absolute Gasteiger partial charge is 0.150 e. The third kappa shape index (κ3) is 2.93. The van der Waals surface area contributed by atoms with Crippen LogP contribution in [0.25, 0.3) is 21.8 Å². The summed E-state index contributed by atoms with van der Waals surface area (Å²) < 4.78 is 0. The molecule has 1 unspecified atom stereocenters. The van der Waals surface area contributed by atoms with Gasteiger partial charge < -0.3 is 5.73 Å². The highest BCUT2D eigenvalue weighted by atomic mass is 14.9. The Morgan fingerprint density at radius 3 is 2.68 bits per heavy atom. The van der Waals surface area contributed by atoms with Crippen LogP contribution >= 0.6 is 0 Å². The lowest BCUT2D eigenvalue weighted by molar-refractivity contribution is 0.756. The molecule has 0 aliphatic rings. The third-order valence-corrected chi connectivity index (χ3v) is 4.78. The van der Waals surface area contributed by atoms with Crippen molar-refractivity contribution < 1.29 is 0 Å². The number of nitrogen functional groups attached to an aromatic ring is 1. The van der Waals surface area contributed by atoms with E-state index in [1.807, 2.05) is 24.4 Å². The number of para-hydroxylation sites is 1. The van der Waals surface area contributed by atoms with Gasteiger partial charge in [-0.15, -0.1) is 0 Å². The minimum absolute atomic E-state index is 0.381. The van der Waals surface area contributed by atoms with Gasteiger partial charge >= 0.3 is 0 Å². The summed E-state index contributed by atoms with van der Waals surface area (Å²) >= 11 is 0. The first kappa shape index (κ1) is 15.6. The average Bonchev–Trinajstić information content (AvgIpc) is 2.61. The van der Waals surface area contributed by atoms with E-state index in [2.05, 4.69) is 60.2 Å². The fraction of sp³-hybridized carbons (Fsp3) is 0.182. The molecule has 0 fully saturated rings. The van der Waals surface area contributed by atoms with Crippen molar-refractivity contribution in [3.8, 4) is 0 Å². The van der Waals surface area contributed by atoms with E-state index < -0.39 is 0 Å². The van der Waals surface area contributed by atoms with Crippen molar-refractivity contribution in [3.63, 3.8) is 0 Å². The minimum Gasteiger partial charge on any atom is -0.382 e.